The largest absolute Gasteiger partial charge is 0.445 e. The number of nitrogens with zero attached hydrogens (tertiary/aromatic N) is 1. The van der Waals surface area contributed by atoms with Crippen molar-refractivity contribution >= 4 is 6.09 Å². The van der Waals surface area contributed by atoms with E-state index in [0.29, 0.717) is 0 Å². The summed E-state index contributed by atoms with van der Waals surface area (Å²) in [6.07, 6.45) is 3.53. The summed E-state index contributed by atoms with van der Waals surface area (Å²) in [6.45, 7) is 4.08. The molecule has 22 heavy (non-hydrogen) atoms. The highest BCUT2D eigenvalue weighted by Crippen LogP contribution is 2.45. The highest BCUT2D eigenvalue weighted by atomic mass is 16.8. The standard InChI is InChI=1S/C17H19NO4/c1-17(2)21-13-9-8-12-14(15(13)22-17)18(12)16(19)20-10-11-6-4-3-5-7-11/h3-9,12-15H,10H2,1-2H3/t12-,13-,14-,15-,18?/m1/s1. The molecule has 116 valence electrons. The van der Waals surface area contributed by atoms with E-state index in [0.717, 1.165) is 5.56 Å². The van der Waals surface area contributed by atoms with Crippen molar-refractivity contribution < 1.29 is 19.0 Å². The van der Waals surface area contributed by atoms with E-state index in [2.05, 4.69) is 0 Å². The first-order chi connectivity index (χ1) is 10.6. The van der Waals surface area contributed by atoms with E-state index in [1.807, 2.05) is 56.3 Å². The number of rotatable bonds is 2. The summed E-state index contributed by atoms with van der Waals surface area (Å²) in [7, 11) is 0. The zero-order chi connectivity index (χ0) is 15.3. The summed E-state index contributed by atoms with van der Waals surface area (Å²) in [4.78, 5) is 14.0. The van der Waals surface area contributed by atoms with Gasteiger partial charge in [0.2, 0.25) is 0 Å². The Balaban J connectivity index is 1.39. The number of benzene rings is 1. The first-order valence-corrected chi connectivity index (χ1v) is 7.58. The molecule has 2 heterocycles. The van der Waals surface area contributed by atoms with Crippen LogP contribution in [-0.4, -0.2) is 41.1 Å². The lowest BCUT2D eigenvalue weighted by Gasteiger charge is -2.16. The van der Waals surface area contributed by atoms with E-state index in [1.54, 1.807) is 4.90 Å². The Kier molecular flexibility index (Phi) is 3.03. The topological polar surface area (TPSA) is 47.8 Å². The van der Waals surface area contributed by atoms with Crippen molar-refractivity contribution in [3.8, 4) is 0 Å². The molecule has 1 amide bonds. The van der Waals surface area contributed by atoms with E-state index < -0.39 is 5.79 Å². The number of carbonyl (C=O) groups excluding carboxylic acids is 1. The molecule has 0 aromatic heterocycles. The molecule has 1 aromatic rings. The summed E-state index contributed by atoms with van der Waals surface area (Å²) < 4.78 is 17.1. The summed E-state index contributed by atoms with van der Waals surface area (Å²) in [5.41, 5.74) is 0.982. The molecule has 2 saturated heterocycles. The lowest BCUT2D eigenvalue weighted by atomic mass is 10.0. The second-order valence-electron chi connectivity index (χ2n) is 6.38. The fourth-order valence-electron chi connectivity index (χ4n) is 3.32. The number of hydrogen-bond donors (Lipinski definition) is 0. The van der Waals surface area contributed by atoms with Gasteiger partial charge in [-0.25, -0.2) is 4.79 Å². The van der Waals surface area contributed by atoms with Crippen molar-refractivity contribution in [2.75, 3.05) is 0 Å². The van der Waals surface area contributed by atoms with Crippen LogP contribution in [0.25, 0.3) is 0 Å². The molecule has 0 unspecified atom stereocenters. The van der Waals surface area contributed by atoms with Crippen molar-refractivity contribution in [2.45, 2.75) is 50.5 Å². The first kappa shape index (κ1) is 13.8. The van der Waals surface area contributed by atoms with Crippen molar-refractivity contribution in [2.24, 2.45) is 0 Å². The third-order valence-electron chi connectivity index (χ3n) is 4.32. The molecule has 0 bridgehead atoms. The lowest BCUT2D eigenvalue weighted by molar-refractivity contribution is -0.143. The smallest absolute Gasteiger partial charge is 0.411 e. The maximum absolute atomic E-state index is 12.3. The van der Waals surface area contributed by atoms with Gasteiger partial charge in [0.05, 0.1) is 12.1 Å². The number of amides is 1. The van der Waals surface area contributed by atoms with E-state index >= 15 is 0 Å². The summed E-state index contributed by atoms with van der Waals surface area (Å²) >= 11 is 0. The molecular weight excluding hydrogens is 282 g/mol. The number of hydrogen-bond acceptors (Lipinski definition) is 4. The van der Waals surface area contributed by atoms with E-state index in [4.69, 9.17) is 14.2 Å². The van der Waals surface area contributed by atoms with Gasteiger partial charge in [-0.2, -0.15) is 0 Å². The molecular formula is C17H19NO4. The summed E-state index contributed by atoms with van der Waals surface area (Å²) in [5, 5.41) is 0. The molecule has 4 rings (SSSR count). The quantitative estimate of drug-likeness (QED) is 0.622. The van der Waals surface area contributed by atoms with Gasteiger partial charge in [-0.05, 0) is 19.4 Å². The van der Waals surface area contributed by atoms with Crippen molar-refractivity contribution in [1.29, 1.82) is 0 Å². The van der Waals surface area contributed by atoms with Crippen molar-refractivity contribution in [3.63, 3.8) is 0 Å². The SMILES string of the molecule is CC1(C)O[C@H]2[C@H]3[C@@H](C=C[C@H]2O1)N3C(=O)OCc1ccccc1. The monoisotopic (exact) mass is 301 g/mol. The van der Waals surface area contributed by atoms with Crippen molar-refractivity contribution in [1.82, 2.24) is 4.90 Å². The Labute approximate surface area is 129 Å². The van der Waals surface area contributed by atoms with Gasteiger partial charge in [-0.3, -0.25) is 4.90 Å². The van der Waals surface area contributed by atoms with Crippen LogP contribution in [-0.2, 0) is 20.8 Å². The van der Waals surface area contributed by atoms with Crippen LogP contribution in [0.1, 0.15) is 19.4 Å². The first-order valence-electron chi connectivity index (χ1n) is 7.58. The third kappa shape index (κ3) is 2.30. The Hall–Kier alpha value is -1.85. The van der Waals surface area contributed by atoms with Crippen molar-refractivity contribution in [3.05, 3.63) is 48.0 Å². The minimum absolute atomic E-state index is 0.0278. The number of ether oxygens (including phenoxy) is 3. The Morgan fingerprint density at radius 2 is 2.00 bits per heavy atom. The zero-order valence-corrected chi connectivity index (χ0v) is 12.6. The minimum atomic E-state index is -0.600. The lowest BCUT2D eigenvalue weighted by Crippen LogP contribution is -2.32. The van der Waals surface area contributed by atoms with Crippen LogP contribution in [0.2, 0.25) is 0 Å². The van der Waals surface area contributed by atoms with Gasteiger partial charge in [0, 0.05) is 0 Å². The van der Waals surface area contributed by atoms with Gasteiger partial charge in [-0.15, -0.1) is 0 Å². The van der Waals surface area contributed by atoms with Crippen LogP contribution in [0.3, 0.4) is 0 Å². The van der Waals surface area contributed by atoms with Gasteiger partial charge in [0.25, 0.3) is 0 Å². The zero-order valence-electron chi connectivity index (χ0n) is 12.6. The highest BCUT2D eigenvalue weighted by Gasteiger charge is 2.62. The third-order valence-corrected chi connectivity index (χ3v) is 4.32. The molecule has 4 atom stereocenters. The molecule has 2 aliphatic heterocycles. The average molecular weight is 301 g/mol. The maximum Gasteiger partial charge on any atom is 0.411 e. The molecule has 2 fully saturated rings. The van der Waals surface area contributed by atoms with Crippen LogP contribution in [0.5, 0.6) is 0 Å². The van der Waals surface area contributed by atoms with E-state index in [9.17, 15) is 4.79 Å². The predicted octanol–water partition coefficient (Wildman–Crippen LogP) is 2.47. The van der Waals surface area contributed by atoms with Gasteiger partial charge in [0.15, 0.2) is 5.79 Å². The minimum Gasteiger partial charge on any atom is -0.445 e. The Bertz CT molecular complexity index is 612. The molecule has 0 saturated carbocycles. The van der Waals surface area contributed by atoms with Crippen LogP contribution in [0.4, 0.5) is 4.79 Å². The Morgan fingerprint density at radius 3 is 2.77 bits per heavy atom. The number of carbonyl (C=O) groups is 1. The maximum atomic E-state index is 12.3. The average Bonchev–Trinajstić information content (AvgIpc) is 3.14. The van der Waals surface area contributed by atoms with Crippen LogP contribution in [0.15, 0.2) is 42.5 Å². The Morgan fingerprint density at radius 1 is 1.23 bits per heavy atom. The number of fused-ring (bicyclic) bond motifs is 3. The van der Waals surface area contributed by atoms with Crippen LogP contribution >= 0.6 is 0 Å². The van der Waals surface area contributed by atoms with Gasteiger partial charge >= 0.3 is 6.09 Å². The molecule has 3 aliphatic rings. The fraction of sp³-hybridized carbons (Fsp3) is 0.471. The van der Waals surface area contributed by atoms with Crippen LogP contribution < -0.4 is 0 Å². The molecule has 0 N–H and O–H groups in total. The van der Waals surface area contributed by atoms with Gasteiger partial charge in [-0.1, -0.05) is 42.5 Å². The molecule has 5 nitrogen and oxygen atoms in total. The molecule has 0 spiro atoms. The van der Waals surface area contributed by atoms with Gasteiger partial charge < -0.3 is 14.2 Å². The van der Waals surface area contributed by atoms with Gasteiger partial charge in [0.1, 0.15) is 18.8 Å². The normalized spacial score (nSPS) is 34.0. The second kappa shape index (κ2) is 4.83. The predicted molar refractivity (Wildman–Crippen MR) is 79.0 cm³/mol. The molecule has 1 aromatic carbocycles. The summed E-state index contributed by atoms with van der Waals surface area (Å²) in [6, 6.07) is 9.78. The fourth-order valence-corrected chi connectivity index (χ4v) is 3.32. The van der Waals surface area contributed by atoms with E-state index in [-0.39, 0.29) is 37.0 Å². The second-order valence-corrected chi connectivity index (χ2v) is 6.38. The summed E-state index contributed by atoms with van der Waals surface area (Å²) in [5.74, 6) is -0.600. The molecule has 1 aliphatic carbocycles. The molecule has 5 heteroatoms. The van der Waals surface area contributed by atoms with Crippen LogP contribution in [0, 0.1) is 0 Å². The molecule has 0 radical (unpaired) electrons. The highest BCUT2D eigenvalue weighted by molar-refractivity contribution is 5.73. The van der Waals surface area contributed by atoms with E-state index in [1.165, 1.54) is 0 Å².